The normalized spacial score (nSPS) is 10.7. The van der Waals surface area contributed by atoms with E-state index >= 15 is 0 Å². The van der Waals surface area contributed by atoms with Crippen LogP contribution in [0.5, 0.6) is 0 Å². The van der Waals surface area contributed by atoms with Gasteiger partial charge >= 0.3 is 0 Å². The van der Waals surface area contributed by atoms with Crippen molar-refractivity contribution in [1.29, 1.82) is 0 Å². The van der Waals surface area contributed by atoms with E-state index < -0.39 is 0 Å². The lowest BCUT2D eigenvalue weighted by Gasteiger charge is -2.10. The molecule has 2 aromatic carbocycles. The second-order valence-corrected chi connectivity index (χ2v) is 7.72. The quantitative estimate of drug-likeness (QED) is 0.489. The molecule has 0 saturated carbocycles. The number of halogens is 1. The Morgan fingerprint density at radius 1 is 1.03 bits per heavy atom. The topological polar surface area (TPSA) is 113 Å². The predicted molar refractivity (Wildman–Crippen MR) is 119 cm³/mol. The number of aromatic nitrogens is 2. The van der Waals surface area contributed by atoms with Gasteiger partial charge in [0.05, 0.1) is 17.3 Å². The molecule has 1 aromatic heterocycles. The number of aromatic amines is 1. The fraction of sp³-hybridized carbons (Fsp3) is 0.238. The number of nitrogens with zero attached hydrogens (tertiary/aromatic N) is 1. The number of rotatable bonds is 7. The average molecular weight is 473 g/mol. The van der Waals surface area contributed by atoms with Crippen molar-refractivity contribution >= 4 is 44.2 Å². The van der Waals surface area contributed by atoms with Gasteiger partial charge in [0.15, 0.2) is 0 Å². The lowest BCUT2D eigenvalue weighted by Crippen LogP contribution is -2.33. The van der Waals surface area contributed by atoms with Gasteiger partial charge in [-0.3, -0.25) is 24.3 Å². The van der Waals surface area contributed by atoms with Crippen LogP contribution in [0.2, 0.25) is 0 Å². The maximum atomic E-state index is 12.4. The molecule has 0 atom stereocenters. The summed E-state index contributed by atoms with van der Waals surface area (Å²) in [6.45, 7) is 2.10. The number of carbonyl (C=O) groups excluding carboxylic acids is 2. The number of carbonyl (C=O) groups is 2. The van der Waals surface area contributed by atoms with Crippen LogP contribution in [0, 0.1) is 6.92 Å². The summed E-state index contributed by atoms with van der Waals surface area (Å²) in [6, 6.07) is 12.1. The lowest BCUT2D eigenvalue weighted by molar-refractivity contribution is -0.121. The SMILES string of the molecule is Cc1ccc(Br)cc1NC(=O)CCNC(=O)CCn1[nH]c(=O)c2ccccc2c1=O. The zero-order chi connectivity index (χ0) is 21.7. The van der Waals surface area contributed by atoms with Gasteiger partial charge < -0.3 is 10.6 Å². The maximum Gasteiger partial charge on any atom is 0.273 e. The number of benzene rings is 2. The molecule has 8 nitrogen and oxygen atoms in total. The molecule has 3 rings (SSSR count). The van der Waals surface area contributed by atoms with Crippen molar-refractivity contribution in [3.05, 3.63) is 73.2 Å². The van der Waals surface area contributed by atoms with Crippen molar-refractivity contribution in [1.82, 2.24) is 15.1 Å². The van der Waals surface area contributed by atoms with Crippen LogP contribution in [0.1, 0.15) is 18.4 Å². The number of nitrogens with one attached hydrogen (secondary N) is 3. The summed E-state index contributed by atoms with van der Waals surface area (Å²) in [7, 11) is 0. The minimum Gasteiger partial charge on any atom is -0.356 e. The van der Waals surface area contributed by atoms with Crippen molar-refractivity contribution in [3.63, 3.8) is 0 Å². The monoisotopic (exact) mass is 472 g/mol. The zero-order valence-electron chi connectivity index (χ0n) is 16.3. The Hall–Kier alpha value is -3.20. The Morgan fingerprint density at radius 2 is 1.77 bits per heavy atom. The molecule has 0 spiro atoms. The van der Waals surface area contributed by atoms with Crippen LogP contribution in [0.15, 0.2) is 56.5 Å². The highest BCUT2D eigenvalue weighted by atomic mass is 79.9. The number of amides is 2. The largest absolute Gasteiger partial charge is 0.356 e. The summed E-state index contributed by atoms with van der Waals surface area (Å²) < 4.78 is 1.99. The number of H-pyrrole nitrogens is 1. The van der Waals surface area contributed by atoms with E-state index in [0.717, 1.165) is 14.7 Å². The number of fused-ring (bicyclic) bond motifs is 1. The smallest absolute Gasteiger partial charge is 0.273 e. The van der Waals surface area contributed by atoms with Crippen LogP contribution >= 0.6 is 15.9 Å². The summed E-state index contributed by atoms with van der Waals surface area (Å²) in [5, 5.41) is 8.57. The molecule has 0 fully saturated rings. The van der Waals surface area contributed by atoms with Crippen LogP contribution in [0.3, 0.4) is 0 Å². The van der Waals surface area contributed by atoms with Gasteiger partial charge in [0.1, 0.15) is 0 Å². The number of anilines is 1. The molecule has 9 heteroatoms. The summed E-state index contributed by atoms with van der Waals surface area (Å²) in [6.07, 6.45) is 0.116. The van der Waals surface area contributed by atoms with E-state index in [9.17, 15) is 19.2 Å². The molecule has 0 bridgehead atoms. The number of hydrogen-bond donors (Lipinski definition) is 3. The first kappa shape index (κ1) is 21.5. The molecule has 156 valence electrons. The first-order chi connectivity index (χ1) is 14.3. The van der Waals surface area contributed by atoms with Crippen LogP contribution in [-0.2, 0) is 16.1 Å². The molecular formula is C21H21BrN4O4. The highest BCUT2D eigenvalue weighted by Crippen LogP contribution is 2.20. The van der Waals surface area contributed by atoms with Crippen molar-refractivity contribution in [2.45, 2.75) is 26.3 Å². The molecule has 0 aliphatic heterocycles. The molecule has 3 aromatic rings. The van der Waals surface area contributed by atoms with Crippen LogP contribution in [-0.4, -0.2) is 28.1 Å². The standard InChI is InChI=1S/C21H21BrN4O4/c1-13-6-7-14(22)12-17(13)24-19(28)8-10-23-18(27)9-11-26-21(30)16-5-3-2-4-15(16)20(29)25-26/h2-7,12H,8-11H2,1H3,(H,23,27)(H,24,28)(H,25,29). The van der Waals surface area contributed by atoms with Gasteiger partial charge in [-0.15, -0.1) is 0 Å². The fourth-order valence-electron chi connectivity index (χ4n) is 2.96. The van der Waals surface area contributed by atoms with E-state index in [1.165, 1.54) is 0 Å². The highest BCUT2D eigenvalue weighted by molar-refractivity contribution is 9.10. The van der Waals surface area contributed by atoms with Crippen molar-refractivity contribution < 1.29 is 9.59 Å². The lowest BCUT2D eigenvalue weighted by atomic mass is 10.2. The molecule has 0 aliphatic carbocycles. The molecule has 0 aliphatic rings. The molecule has 0 unspecified atom stereocenters. The Bertz CT molecular complexity index is 1220. The van der Waals surface area contributed by atoms with E-state index in [4.69, 9.17) is 0 Å². The van der Waals surface area contributed by atoms with E-state index in [0.29, 0.717) is 16.5 Å². The van der Waals surface area contributed by atoms with Crippen molar-refractivity contribution in [2.75, 3.05) is 11.9 Å². The molecule has 30 heavy (non-hydrogen) atoms. The van der Waals surface area contributed by atoms with Gasteiger partial charge in [0.25, 0.3) is 11.1 Å². The molecule has 2 amide bonds. The van der Waals surface area contributed by atoms with Crippen LogP contribution < -0.4 is 21.8 Å². The third kappa shape index (κ3) is 5.24. The van der Waals surface area contributed by atoms with Gasteiger partial charge in [-0.25, -0.2) is 4.68 Å². The minimum atomic E-state index is -0.384. The van der Waals surface area contributed by atoms with E-state index in [2.05, 4.69) is 31.7 Å². The Morgan fingerprint density at radius 3 is 2.53 bits per heavy atom. The molecule has 1 heterocycles. The van der Waals surface area contributed by atoms with Gasteiger partial charge in [-0.05, 0) is 36.8 Å². The van der Waals surface area contributed by atoms with Crippen molar-refractivity contribution in [2.24, 2.45) is 0 Å². The molecule has 3 N–H and O–H groups in total. The third-order valence-electron chi connectivity index (χ3n) is 4.59. The first-order valence-electron chi connectivity index (χ1n) is 9.39. The number of aryl methyl sites for hydroxylation is 2. The molecular weight excluding hydrogens is 452 g/mol. The van der Waals surface area contributed by atoms with Gasteiger partial charge in [0, 0.05) is 29.5 Å². The average Bonchev–Trinajstić information content (AvgIpc) is 2.72. The Balaban J connectivity index is 1.50. The summed E-state index contributed by atoms with van der Waals surface area (Å²) >= 11 is 3.36. The summed E-state index contributed by atoms with van der Waals surface area (Å²) in [5.41, 5.74) is 0.901. The summed E-state index contributed by atoms with van der Waals surface area (Å²) in [4.78, 5) is 48.6. The van der Waals surface area contributed by atoms with Crippen LogP contribution in [0.4, 0.5) is 5.69 Å². The van der Waals surface area contributed by atoms with E-state index in [-0.39, 0.29) is 48.9 Å². The fourth-order valence-corrected chi connectivity index (χ4v) is 3.32. The first-order valence-corrected chi connectivity index (χ1v) is 10.2. The maximum absolute atomic E-state index is 12.4. The zero-order valence-corrected chi connectivity index (χ0v) is 17.9. The third-order valence-corrected chi connectivity index (χ3v) is 5.09. The summed E-state index contributed by atoms with van der Waals surface area (Å²) in [5.74, 6) is -0.533. The minimum absolute atomic E-state index is 0.000542. The highest BCUT2D eigenvalue weighted by Gasteiger charge is 2.10. The number of hydrogen-bond acceptors (Lipinski definition) is 4. The van der Waals surface area contributed by atoms with E-state index in [1.807, 2.05) is 25.1 Å². The Kier molecular flexibility index (Phi) is 6.83. The second kappa shape index (κ2) is 9.53. The Labute approximate surface area is 180 Å². The molecule has 0 saturated heterocycles. The van der Waals surface area contributed by atoms with Gasteiger partial charge in [-0.2, -0.15) is 0 Å². The van der Waals surface area contributed by atoms with Gasteiger partial charge in [0.2, 0.25) is 11.8 Å². The van der Waals surface area contributed by atoms with Gasteiger partial charge in [-0.1, -0.05) is 34.1 Å². The molecule has 0 radical (unpaired) electrons. The predicted octanol–water partition coefficient (Wildman–Crippen LogP) is 2.30. The van der Waals surface area contributed by atoms with E-state index in [1.54, 1.807) is 24.3 Å². The second-order valence-electron chi connectivity index (χ2n) is 6.80. The van der Waals surface area contributed by atoms with Crippen LogP contribution in [0.25, 0.3) is 10.8 Å². The van der Waals surface area contributed by atoms with Crippen molar-refractivity contribution in [3.8, 4) is 0 Å².